The van der Waals surface area contributed by atoms with Crippen LogP contribution in [-0.2, 0) is 6.54 Å². The Hall–Kier alpha value is -1.57. The molecule has 5 nitrogen and oxygen atoms in total. The van der Waals surface area contributed by atoms with Crippen molar-refractivity contribution in [2.75, 3.05) is 13.1 Å². The van der Waals surface area contributed by atoms with Gasteiger partial charge in [0.15, 0.2) is 0 Å². The predicted octanol–water partition coefficient (Wildman–Crippen LogP) is 0.832. The van der Waals surface area contributed by atoms with Gasteiger partial charge in [-0.25, -0.2) is 0 Å². The first kappa shape index (κ1) is 14.5. The van der Waals surface area contributed by atoms with Gasteiger partial charge in [-0.3, -0.25) is 9.48 Å². The molecule has 1 rings (SSSR count). The monoisotopic (exact) mass is 264 g/mol. The number of carbonyl (C=O) groups excluding carboxylic acids is 1. The molecule has 1 amide bonds. The number of nitrogens with one attached hydrogen (secondary N) is 1. The topological polar surface area (TPSA) is 72.9 Å². The van der Waals surface area contributed by atoms with Crippen molar-refractivity contribution >= 4 is 5.91 Å². The minimum atomic E-state index is -4.42. The van der Waals surface area contributed by atoms with Gasteiger partial charge in [0, 0.05) is 12.2 Å². The van der Waals surface area contributed by atoms with E-state index in [2.05, 4.69) is 5.10 Å². The average Bonchev–Trinajstić information content (AvgIpc) is 2.64. The fraction of sp³-hybridized carbons (Fsp3) is 0.600. The van der Waals surface area contributed by atoms with Gasteiger partial charge >= 0.3 is 6.18 Å². The third kappa shape index (κ3) is 4.02. The molecule has 8 heteroatoms. The smallest absolute Gasteiger partial charge is 0.343 e. The van der Waals surface area contributed by atoms with Gasteiger partial charge in [-0.05, 0) is 19.9 Å². The maximum Gasteiger partial charge on any atom is 0.405 e. The van der Waals surface area contributed by atoms with E-state index in [1.807, 2.05) is 5.32 Å². The number of amides is 1. The van der Waals surface area contributed by atoms with Crippen LogP contribution in [0.5, 0.6) is 0 Å². The number of rotatable bonds is 5. The summed E-state index contributed by atoms with van der Waals surface area (Å²) in [7, 11) is 0. The fourth-order valence-electron chi connectivity index (χ4n) is 1.41. The molecule has 0 atom stereocenters. The molecule has 0 aliphatic heterocycles. The van der Waals surface area contributed by atoms with Crippen LogP contribution in [0.4, 0.5) is 13.2 Å². The molecule has 1 heterocycles. The number of aryl methyl sites for hydroxylation is 1. The second-order valence-electron chi connectivity index (χ2n) is 3.81. The highest BCUT2D eigenvalue weighted by Crippen LogP contribution is 2.13. The molecule has 0 unspecified atom stereocenters. The normalized spacial score (nSPS) is 11.6. The summed E-state index contributed by atoms with van der Waals surface area (Å²) in [6.45, 7) is 1.30. The Labute approximate surface area is 102 Å². The Morgan fingerprint density at radius 1 is 1.56 bits per heavy atom. The summed E-state index contributed by atoms with van der Waals surface area (Å²) in [6.07, 6.45) is -2.47. The number of alkyl halides is 3. The summed E-state index contributed by atoms with van der Waals surface area (Å²) < 4.78 is 37.4. The highest BCUT2D eigenvalue weighted by atomic mass is 19.4. The van der Waals surface area contributed by atoms with Crippen LogP contribution in [0.25, 0.3) is 0 Å². The molecule has 0 aliphatic rings. The first-order chi connectivity index (χ1) is 8.35. The molecule has 1 aromatic rings. The van der Waals surface area contributed by atoms with Gasteiger partial charge < -0.3 is 11.1 Å². The molecular formula is C10H15F3N4O. The van der Waals surface area contributed by atoms with Crippen molar-refractivity contribution in [1.29, 1.82) is 0 Å². The quantitative estimate of drug-likeness (QED) is 0.827. The van der Waals surface area contributed by atoms with Gasteiger partial charge in [0.1, 0.15) is 6.54 Å². The van der Waals surface area contributed by atoms with E-state index in [4.69, 9.17) is 5.73 Å². The molecule has 0 aromatic carbocycles. The zero-order valence-electron chi connectivity index (χ0n) is 9.92. The van der Waals surface area contributed by atoms with Crippen LogP contribution in [-0.4, -0.2) is 35.0 Å². The van der Waals surface area contributed by atoms with E-state index in [9.17, 15) is 18.0 Å². The van der Waals surface area contributed by atoms with Crippen molar-refractivity contribution in [3.63, 3.8) is 0 Å². The van der Waals surface area contributed by atoms with Gasteiger partial charge in [-0.2, -0.15) is 18.3 Å². The molecule has 0 radical (unpaired) electrons. The van der Waals surface area contributed by atoms with Gasteiger partial charge in [0.05, 0.1) is 11.8 Å². The van der Waals surface area contributed by atoms with Crippen LogP contribution >= 0.6 is 0 Å². The Kier molecular flexibility index (Phi) is 4.71. The lowest BCUT2D eigenvalue weighted by atomic mass is 10.2. The van der Waals surface area contributed by atoms with Crippen molar-refractivity contribution < 1.29 is 18.0 Å². The molecule has 102 valence electrons. The summed E-state index contributed by atoms with van der Waals surface area (Å²) in [5.74, 6) is -0.774. The van der Waals surface area contributed by atoms with E-state index >= 15 is 0 Å². The molecule has 0 bridgehead atoms. The Bertz CT molecular complexity index is 414. The number of hydrogen-bond acceptors (Lipinski definition) is 3. The van der Waals surface area contributed by atoms with Crippen LogP contribution in [0.3, 0.4) is 0 Å². The van der Waals surface area contributed by atoms with E-state index in [1.54, 1.807) is 11.6 Å². The third-order valence-electron chi connectivity index (χ3n) is 2.37. The lowest BCUT2D eigenvalue weighted by molar-refractivity contribution is -0.123. The van der Waals surface area contributed by atoms with E-state index in [0.29, 0.717) is 25.2 Å². The first-order valence-corrected chi connectivity index (χ1v) is 5.42. The number of nitrogens with two attached hydrogens (primary N) is 1. The molecule has 18 heavy (non-hydrogen) atoms. The van der Waals surface area contributed by atoms with E-state index < -0.39 is 18.6 Å². The van der Waals surface area contributed by atoms with Crippen LogP contribution in [0.15, 0.2) is 6.20 Å². The van der Waals surface area contributed by atoms with Crippen molar-refractivity contribution in [3.05, 3.63) is 17.5 Å². The maximum atomic E-state index is 12.0. The summed E-state index contributed by atoms with van der Waals surface area (Å²) in [5.41, 5.74) is 6.02. The van der Waals surface area contributed by atoms with Gasteiger partial charge in [0.2, 0.25) is 0 Å². The van der Waals surface area contributed by atoms with Crippen molar-refractivity contribution in [3.8, 4) is 0 Å². The summed E-state index contributed by atoms with van der Waals surface area (Å²) in [4.78, 5) is 11.5. The van der Waals surface area contributed by atoms with E-state index in [0.717, 1.165) is 0 Å². The second-order valence-corrected chi connectivity index (χ2v) is 3.81. The van der Waals surface area contributed by atoms with Gasteiger partial charge in [-0.15, -0.1) is 0 Å². The van der Waals surface area contributed by atoms with Crippen molar-refractivity contribution in [2.45, 2.75) is 26.1 Å². The standard InChI is InChI=1S/C10H15F3N4O/c1-7-8(5-16-17(7)4-2-3-14)9(18)15-6-10(11,12)13/h5H,2-4,6,14H2,1H3,(H,15,18). The van der Waals surface area contributed by atoms with Gasteiger partial charge in [0.25, 0.3) is 5.91 Å². The molecular weight excluding hydrogens is 249 g/mol. The Morgan fingerprint density at radius 3 is 2.78 bits per heavy atom. The Balaban J connectivity index is 2.66. The van der Waals surface area contributed by atoms with E-state index in [1.165, 1.54) is 6.20 Å². The highest BCUT2D eigenvalue weighted by molar-refractivity contribution is 5.95. The SMILES string of the molecule is Cc1c(C(=O)NCC(F)(F)F)cnn1CCCN. The first-order valence-electron chi connectivity index (χ1n) is 5.42. The lowest BCUT2D eigenvalue weighted by Crippen LogP contribution is -2.33. The summed E-state index contributed by atoms with van der Waals surface area (Å²) in [6, 6.07) is 0. The molecule has 0 saturated heterocycles. The minimum absolute atomic E-state index is 0.149. The molecule has 0 spiro atoms. The minimum Gasteiger partial charge on any atom is -0.343 e. The number of hydrogen-bond donors (Lipinski definition) is 2. The fourth-order valence-corrected chi connectivity index (χ4v) is 1.41. The number of aromatic nitrogens is 2. The molecule has 0 saturated carbocycles. The van der Waals surface area contributed by atoms with Crippen molar-refractivity contribution in [1.82, 2.24) is 15.1 Å². The summed E-state index contributed by atoms with van der Waals surface area (Å²) in [5, 5.41) is 5.74. The van der Waals surface area contributed by atoms with Crippen LogP contribution in [0.2, 0.25) is 0 Å². The molecule has 1 aromatic heterocycles. The largest absolute Gasteiger partial charge is 0.405 e. The predicted molar refractivity (Wildman–Crippen MR) is 59.0 cm³/mol. The molecule has 0 fully saturated rings. The number of nitrogens with zero attached hydrogens (tertiary/aromatic N) is 2. The average molecular weight is 264 g/mol. The van der Waals surface area contributed by atoms with E-state index in [-0.39, 0.29) is 5.56 Å². The summed E-state index contributed by atoms with van der Waals surface area (Å²) >= 11 is 0. The van der Waals surface area contributed by atoms with Gasteiger partial charge in [-0.1, -0.05) is 0 Å². The highest BCUT2D eigenvalue weighted by Gasteiger charge is 2.28. The molecule has 0 aliphatic carbocycles. The molecule has 3 N–H and O–H groups in total. The van der Waals surface area contributed by atoms with Crippen LogP contribution in [0, 0.1) is 6.92 Å². The Morgan fingerprint density at radius 2 is 2.22 bits per heavy atom. The number of halogens is 3. The third-order valence-corrected chi connectivity index (χ3v) is 2.37. The zero-order chi connectivity index (χ0) is 13.8. The van der Waals surface area contributed by atoms with Crippen LogP contribution < -0.4 is 11.1 Å². The lowest BCUT2D eigenvalue weighted by Gasteiger charge is -2.08. The van der Waals surface area contributed by atoms with Crippen molar-refractivity contribution in [2.24, 2.45) is 5.73 Å². The zero-order valence-corrected chi connectivity index (χ0v) is 9.92. The maximum absolute atomic E-state index is 12.0. The van der Waals surface area contributed by atoms with Crippen LogP contribution in [0.1, 0.15) is 22.5 Å². The number of carbonyl (C=O) groups is 1. The second kappa shape index (κ2) is 5.85.